The number of anilines is 2. The summed E-state index contributed by atoms with van der Waals surface area (Å²) in [7, 11) is 7.18. The van der Waals surface area contributed by atoms with Crippen molar-refractivity contribution in [2.24, 2.45) is 5.10 Å². The highest BCUT2D eigenvalue weighted by Gasteiger charge is 2.31. The zero-order valence-corrected chi connectivity index (χ0v) is 24.7. The van der Waals surface area contributed by atoms with Crippen molar-refractivity contribution in [2.75, 3.05) is 39.8 Å². The number of ether oxygens (including phenoxy) is 2. The highest BCUT2D eigenvalue weighted by atomic mass is 16.5. The van der Waals surface area contributed by atoms with E-state index in [2.05, 4.69) is 32.1 Å². The van der Waals surface area contributed by atoms with Crippen LogP contribution < -0.4 is 20.9 Å². The van der Waals surface area contributed by atoms with Crippen molar-refractivity contribution in [1.82, 2.24) is 19.9 Å². The molecule has 5 rings (SSSR count). The van der Waals surface area contributed by atoms with Crippen molar-refractivity contribution < 1.29 is 14.3 Å². The first-order valence-corrected chi connectivity index (χ1v) is 13.8. The van der Waals surface area contributed by atoms with Gasteiger partial charge in [0, 0.05) is 41.9 Å². The molecule has 0 spiro atoms. The van der Waals surface area contributed by atoms with Crippen molar-refractivity contribution in [2.45, 2.75) is 19.0 Å². The number of nitrogens with two attached hydrogens (primary N) is 2. The van der Waals surface area contributed by atoms with Crippen molar-refractivity contribution in [3.05, 3.63) is 112 Å². The van der Waals surface area contributed by atoms with Gasteiger partial charge in [0.15, 0.2) is 11.5 Å². The lowest BCUT2D eigenvalue weighted by molar-refractivity contribution is -0.127. The fourth-order valence-corrected chi connectivity index (χ4v) is 5.28. The van der Waals surface area contributed by atoms with Gasteiger partial charge < -0.3 is 25.8 Å². The normalized spacial score (nSPS) is 14.3. The summed E-state index contributed by atoms with van der Waals surface area (Å²) in [6.45, 7) is 0.726. The summed E-state index contributed by atoms with van der Waals surface area (Å²) in [4.78, 5) is 24.1. The van der Waals surface area contributed by atoms with E-state index in [4.69, 9.17) is 20.9 Å². The molecule has 0 bridgehead atoms. The fraction of sp³-hybridized carbons (Fsp3) is 0.212. The molecule has 43 heavy (non-hydrogen) atoms. The van der Waals surface area contributed by atoms with Crippen LogP contribution >= 0.6 is 0 Å². The molecule has 10 heteroatoms. The number of amides is 1. The Kier molecular flexibility index (Phi) is 8.68. The Morgan fingerprint density at radius 1 is 1.00 bits per heavy atom. The molecule has 2 heterocycles. The minimum atomic E-state index is -0.397. The fourth-order valence-electron chi connectivity index (χ4n) is 5.28. The van der Waals surface area contributed by atoms with Crippen molar-refractivity contribution >= 4 is 30.0 Å². The third-order valence-corrected chi connectivity index (χ3v) is 7.20. The summed E-state index contributed by atoms with van der Waals surface area (Å²) < 4.78 is 11.3. The summed E-state index contributed by atoms with van der Waals surface area (Å²) in [5.41, 5.74) is 18.1. The Balaban J connectivity index is 1.52. The second-order valence-electron chi connectivity index (χ2n) is 10.5. The van der Waals surface area contributed by atoms with Crippen LogP contribution in [-0.4, -0.2) is 60.3 Å². The molecule has 10 nitrogen and oxygen atoms in total. The van der Waals surface area contributed by atoms with Crippen LogP contribution in [0.3, 0.4) is 0 Å². The molecule has 0 radical (unpaired) electrons. The van der Waals surface area contributed by atoms with E-state index in [9.17, 15) is 4.79 Å². The minimum absolute atomic E-state index is 0.112. The number of hydrogen-bond acceptors (Lipinski definition) is 9. The van der Waals surface area contributed by atoms with Gasteiger partial charge in [0.25, 0.3) is 5.91 Å². The minimum Gasteiger partial charge on any atom is -0.493 e. The molecular formula is C33H35N7O3. The molecular weight excluding hydrogens is 542 g/mol. The maximum absolute atomic E-state index is 13.9. The maximum Gasteiger partial charge on any atom is 0.267 e. The first kappa shape index (κ1) is 29.3. The van der Waals surface area contributed by atoms with E-state index in [1.165, 1.54) is 11.1 Å². The Hall–Kier alpha value is -5.22. The molecule has 1 atom stereocenters. The predicted molar refractivity (Wildman–Crippen MR) is 169 cm³/mol. The summed E-state index contributed by atoms with van der Waals surface area (Å²) in [5, 5.41) is 6.16. The molecule has 4 N–H and O–H groups in total. The molecule has 1 aliphatic rings. The van der Waals surface area contributed by atoms with E-state index in [0.717, 1.165) is 34.4 Å². The number of rotatable bonds is 9. The molecule has 1 amide bonds. The van der Waals surface area contributed by atoms with Crippen LogP contribution in [0.2, 0.25) is 0 Å². The van der Waals surface area contributed by atoms with Gasteiger partial charge in [-0.3, -0.25) is 4.79 Å². The van der Waals surface area contributed by atoms with Crippen LogP contribution in [-0.2, 0) is 17.8 Å². The average molecular weight is 578 g/mol. The number of methoxy groups -OCH3 is 2. The van der Waals surface area contributed by atoms with Gasteiger partial charge in [-0.1, -0.05) is 48.5 Å². The average Bonchev–Trinajstić information content (AvgIpc) is 3.00. The third kappa shape index (κ3) is 6.34. The summed E-state index contributed by atoms with van der Waals surface area (Å²) in [6, 6.07) is 19.6. The highest BCUT2D eigenvalue weighted by molar-refractivity contribution is 5.95. The molecule has 220 valence electrons. The Morgan fingerprint density at radius 2 is 1.74 bits per heavy atom. The van der Waals surface area contributed by atoms with Crippen molar-refractivity contribution in [3.63, 3.8) is 0 Å². The summed E-state index contributed by atoms with van der Waals surface area (Å²) in [5.74, 6) is 1.15. The molecule has 0 aliphatic carbocycles. The zero-order chi connectivity index (χ0) is 30.5. The standard InChI is InChI=1S/C33H35N7O3/c1-39(2)20-24-10-6-8-12-27(24)30-26-11-7-5-9-23(26)19-37-40(30)29(41)14-13-22-15-21(17-28(42-3)31(22)43-4)16-25-18-36-33(35)38-32(25)34/h5-15,17-19,30H,16,20H2,1-4H3,(H4,34,35,36,38)/b14-13+. The molecule has 0 saturated carbocycles. The smallest absolute Gasteiger partial charge is 0.267 e. The van der Waals surface area contributed by atoms with Gasteiger partial charge in [-0.2, -0.15) is 10.1 Å². The number of benzene rings is 3. The van der Waals surface area contributed by atoms with Crippen molar-refractivity contribution in [1.29, 1.82) is 0 Å². The van der Waals surface area contributed by atoms with Crippen molar-refractivity contribution in [3.8, 4) is 11.5 Å². The topological polar surface area (TPSA) is 132 Å². The van der Waals surface area contributed by atoms with Gasteiger partial charge >= 0.3 is 0 Å². The molecule has 0 fully saturated rings. The molecule has 1 unspecified atom stereocenters. The van der Waals surface area contributed by atoms with Gasteiger partial charge in [0.2, 0.25) is 5.95 Å². The Bertz CT molecular complexity index is 1700. The lowest BCUT2D eigenvalue weighted by atomic mass is 9.90. The van der Waals surface area contributed by atoms with E-state index < -0.39 is 6.04 Å². The van der Waals surface area contributed by atoms with E-state index in [1.54, 1.807) is 32.7 Å². The third-order valence-electron chi connectivity index (χ3n) is 7.20. The Morgan fingerprint density at radius 3 is 2.47 bits per heavy atom. The number of fused-ring (bicyclic) bond motifs is 1. The van der Waals surface area contributed by atoms with Gasteiger partial charge in [0.1, 0.15) is 11.9 Å². The monoisotopic (exact) mass is 577 g/mol. The van der Waals surface area contributed by atoms with Gasteiger partial charge in [-0.15, -0.1) is 0 Å². The predicted octanol–water partition coefficient (Wildman–Crippen LogP) is 4.29. The summed E-state index contributed by atoms with van der Waals surface area (Å²) >= 11 is 0. The quantitative estimate of drug-likeness (QED) is 0.282. The second kappa shape index (κ2) is 12.7. The van der Waals surface area contributed by atoms with Gasteiger partial charge in [0.05, 0.1) is 20.4 Å². The van der Waals surface area contributed by atoms with E-state index in [-0.39, 0.29) is 11.9 Å². The Labute approximate surface area is 251 Å². The SMILES string of the molecule is COc1cc(Cc2cnc(N)nc2N)cc(/C=C/C(=O)N2N=Cc3ccccc3C2c2ccccc2CN(C)C)c1OC. The summed E-state index contributed by atoms with van der Waals surface area (Å²) in [6.07, 6.45) is 6.99. The number of nitrogens with zero attached hydrogens (tertiary/aromatic N) is 5. The number of carbonyl (C=O) groups excluding carboxylic acids is 1. The first-order valence-electron chi connectivity index (χ1n) is 13.8. The lowest BCUT2D eigenvalue weighted by Crippen LogP contribution is -2.34. The van der Waals surface area contributed by atoms with E-state index >= 15 is 0 Å². The number of hydrazone groups is 1. The van der Waals surface area contributed by atoms with Gasteiger partial charge in [-0.25, -0.2) is 9.99 Å². The zero-order valence-electron chi connectivity index (χ0n) is 24.7. The lowest BCUT2D eigenvalue weighted by Gasteiger charge is -2.33. The molecule has 1 aliphatic heterocycles. The number of carbonyl (C=O) groups is 1. The van der Waals surface area contributed by atoms with E-state index in [1.807, 2.05) is 62.6 Å². The van der Waals surface area contributed by atoms with Crippen LogP contribution in [0.5, 0.6) is 11.5 Å². The molecule has 3 aromatic carbocycles. The number of nitrogen functional groups attached to an aromatic ring is 2. The molecule has 4 aromatic rings. The largest absolute Gasteiger partial charge is 0.493 e. The number of hydrogen-bond donors (Lipinski definition) is 2. The van der Waals surface area contributed by atoms with Crippen LogP contribution in [0.4, 0.5) is 11.8 Å². The highest BCUT2D eigenvalue weighted by Crippen LogP contribution is 2.37. The maximum atomic E-state index is 13.9. The van der Waals surface area contributed by atoms with E-state index in [0.29, 0.717) is 34.9 Å². The molecule has 1 aromatic heterocycles. The van der Waals surface area contributed by atoms with Crippen LogP contribution in [0.15, 0.2) is 78.0 Å². The first-order chi connectivity index (χ1) is 20.8. The van der Waals surface area contributed by atoms with Crippen LogP contribution in [0, 0.1) is 0 Å². The van der Waals surface area contributed by atoms with Crippen LogP contribution in [0.25, 0.3) is 6.08 Å². The second-order valence-corrected chi connectivity index (χ2v) is 10.5. The van der Waals surface area contributed by atoms with Gasteiger partial charge in [-0.05, 0) is 54.6 Å². The number of aromatic nitrogens is 2. The van der Waals surface area contributed by atoms with Crippen LogP contribution in [0.1, 0.15) is 45.0 Å². The molecule has 0 saturated heterocycles.